The van der Waals surface area contributed by atoms with Gasteiger partial charge in [-0.1, -0.05) is 6.07 Å². The molecule has 124 valence electrons. The number of rotatable bonds is 1. The van der Waals surface area contributed by atoms with Crippen LogP contribution >= 0.6 is 15.9 Å². The van der Waals surface area contributed by atoms with E-state index in [1.165, 1.54) is 6.07 Å². The van der Waals surface area contributed by atoms with Crippen molar-refractivity contribution < 1.29 is 18.7 Å². The fraction of sp³-hybridized carbons (Fsp3) is 0.353. The van der Waals surface area contributed by atoms with E-state index in [2.05, 4.69) is 26.2 Å². The van der Waals surface area contributed by atoms with Gasteiger partial charge in [0.15, 0.2) is 5.78 Å². The molecule has 1 aromatic rings. The van der Waals surface area contributed by atoms with Crippen LogP contribution in [0.1, 0.15) is 17.9 Å². The Labute approximate surface area is 146 Å². The number of ketones is 1. The van der Waals surface area contributed by atoms with Gasteiger partial charge in [-0.15, -0.1) is 0 Å². The first-order valence-electron chi connectivity index (χ1n) is 7.72. The van der Waals surface area contributed by atoms with Gasteiger partial charge in [0.05, 0.1) is 34.8 Å². The molecule has 0 radical (unpaired) electrons. The van der Waals surface area contributed by atoms with Crippen LogP contribution in [-0.4, -0.2) is 37.2 Å². The average molecular weight is 393 g/mol. The van der Waals surface area contributed by atoms with Gasteiger partial charge in [-0.05, 0) is 33.6 Å². The zero-order valence-corrected chi connectivity index (χ0v) is 14.2. The number of hydrogen-bond donors (Lipinski definition) is 1. The van der Waals surface area contributed by atoms with Crippen LogP contribution in [0.15, 0.2) is 38.9 Å². The number of cyclic esters (lactones) is 1. The van der Waals surface area contributed by atoms with Gasteiger partial charge in [0.2, 0.25) is 0 Å². The van der Waals surface area contributed by atoms with E-state index in [0.717, 1.165) is 5.71 Å². The molecule has 0 aromatic heterocycles. The lowest BCUT2D eigenvalue weighted by molar-refractivity contribution is -0.140. The van der Waals surface area contributed by atoms with Crippen molar-refractivity contribution in [2.24, 2.45) is 10.9 Å². The Morgan fingerprint density at radius 2 is 2.08 bits per heavy atom. The number of benzene rings is 1. The molecular weight excluding hydrogens is 379 g/mol. The predicted molar refractivity (Wildman–Crippen MR) is 88.2 cm³/mol. The summed E-state index contributed by atoms with van der Waals surface area (Å²) in [5.74, 6) is -1.83. The molecule has 7 heteroatoms. The van der Waals surface area contributed by atoms with E-state index in [1.54, 1.807) is 12.1 Å². The molecule has 0 amide bonds. The van der Waals surface area contributed by atoms with Crippen molar-refractivity contribution in [2.75, 3.05) is 19.7 Å². The van der Waals surface area contributed by atoms with Crippen molar-refractivity contribution in [1.82, 2.24) is 5.32 Å². The van der Waals surface area contributed by atoms with Gasteiger partial charge in [0.25, 0.3) is 0 Å². The number of carbonyl (C=O) groups excluding carboxylic acids is 2. The molecule has 5 nitrogen and oxygen atoms in total. The molecule has 3 aliphatic heterocycles. The lowest BCUT2D eigenvalue weighted by atomic mass is 9.71. The number of piperidine rings is 1. The number of hydrogen-bond acceptors (Lipinski definition) is 5. The van der Waals surface area contributed by atoms with Crippen molar-refractivity contribution in [2.45, 2.75) is 12.3 Å². The third kappa shape index (κ3) is 2.43. The molecule has 3 aliphatic rings. The molecule has 1 aromatic carbocycles. The summed E-state index contributed by atoms with van der Waals surface area (Å²) in [4.78, 5) is 29.5. The lowest BCUT2D eigenvalue weighted by Gasteiger charge is -2.37. The number of Topliss-reactive ketones (excluding diaryl/α,β-unsaturated/α-hetero) is 1. The van der Waals surface area contributed by atoms with Crippen LogP contribution in [0.25, 0.3) is 0 Å². The smallest absolute Gasteiger partial charge is 0.336 e. The summed E-state index contributed by atoms with van der Waals surface area (Å²) in [5, 5.41) is 3.04. The highest BCUT2D eigenvalue weighted by Crippen LogP contribution is 2.43. The van der Waals surface area contributed by atoms with Gasteiger partial charge < -0.3 is 10.1 Å². The quantitative estimate of drug-likeness (QED) is 0.743. The van der Waals surface area contributed by atoms with Gasteiger partial charge >= 0.3 is 5.97 Å². The Morgan fingerprint density at radius 1 is 1.25 bits per heavy atom. The van der Waals surface area contributed by atoms with Gasteiger partial charge in [0, 0.05) is 24.6 Å². The number of fused-ring (bicyclic) bond motifs is 1. The zero-order chi connectivity index (χ0) is 16.8. The van der Waals surface area contributed by atoms with Crippen LogP contribution in [0.3, 0.4) is 0 Å². The van der Waals surface area contributed by atoms with Crippen LogP contribution in [0.2, 0.25) is 0 Å². The van der Waals surface area contributed by atoms with Crippen molar-refractivity contribution in [3.63, 3.8) is 0 Å². The summed E-state index contributed by atoms with van der Waals surface area (Å²) in [5.41, 5.74) is 2.57. The standard InChI is InChI=1S/C17H14BrFN2O3/c18-9-5-8(1-2-10(9)19)14-15-12(6-20-7-13(15)22)21-11-3-4-24-17(23)16(11)14/h1-2,5,14-15,20H,3-4,6-7H2. The number of ether oxygens (including phenoxy) is 1. The second-order valence-electron chi connectivity index (χ2n) is 6.05. The van der Waals surface area contributed by atoms with Crippen LogP contribution in [0, 0.1) is 11.7 Å². The normalized spacial score (nSPS) is 26.5. The minimum absolute atomic E-state index is 0.0182. The first-order valence-corrected chi connectivity index (χ1v) is 8.51. The second kappa shape index (κ2) is 5.89. The third-order valence-corrected chi connectivity index (χ3v) is 5.25. The van der Waals surface area contributed by atoms with Crippen molar-refractivity contribution in [3.8, 4) is 0 Å². The van der Waals surface area contributed by atoms with Crippen LogP contribution in [-0.2, 0) is 14.3 Å². The molecule has 1 saturated heterocycles. The first kappa shape index (κ1) is 15.7. The van der Waals surface area contributed by atoms with E-state index in [4.69, 9.17) is 4.74 Å². The molecule has 3 heterocycles. The fourth-order valence-corrected chi connectivity index (χ4v) is 4.00. The summed E-state index contributed by atoms with van der Waals surface area (Å²) < 4.78 is 19.1. The molecular formula is C17H14BrFN2O3. The monoisotopic (exact) mass is 392 g/mol. The van der Waals surface area contributed by atoms with E-state index >= 15 is 0 Å². The number of carbonyl (C=O) groups is 2. The van der Waals surface area contributed by atoms with Crippen LogP contribution in [0.4, 0.5) is 4.39 Å². The largest absolute Gasteiger partial charge is 0.462 e. The Kier molecular flexibility index (Phi) is 3.85. The molecule has 2 atom stereocenters. The topological polar surface area (TPSA) is 67.8 Å². The second-order valence-corrected chi connectivity index (χ2v) is 6.90. The maximum Gasteiger partial charge on any atom is 0.336 e. The molecule has 1 N–H and O–H groups in total. The van der Waals surface area contributed by atoms with Gasteiger partial charge in [-0.2, -0.15) is 0 Å². The van der Waals surface area contributed by atoms with Crippen molar-refractivity contribution in [3.05, 3.63) is 45.3 Å². The van der Waals surface area contributed by atoms with E-state index < -0.39 is 17.8 Å². The number of nitrogens with zero attached hydrogens (tertiary/aromatic N) is 1. The number of aliphatic imine (C=N–C) groups is 1. The highest BCUT2D eigenvalue weighted by atomic mass is 79.9. The molecule has 2 unspecified atom stereocenters. The molecule has 0 aliphatic carbocycles. The maximum absolute atomic E-state index is 13.6. The molecule has 0 spiro atoms. The van der Waals surface area contributed by atoms with E-state index in [9.17, 15) is 14.0 Å². The summed E-state index contributed by atoms with van der Waals surface area (Å²) in [7, 11) is 0. The minimum atomic E-state index is -0.506. The Hall–Kier alpha value is -1.86. The highest BCUT2D eigenvalue weighted by Gasteiger charge is 2.45. The summed E-state index contributed by atoms with van der Waals surface area (Å²) >= 11 is 3.18. The van der Waals surface area contributed by atoms with Gasteiger partial charge in [-0.25, -0.2) is 9.18 Å². The lowest BCUT2D eigenvalue weighted by Crippen LogP contribution is -2.49. The van der Waals surface area contributed by atoms with Crippen molar-refractivity contribution >= 4 is 33.4 Å². The number of esters is 1. The Bertz CT molecular complexity index is 818. The highest BCUT2D eigenvalue weighted by molar-refractivity contribution is 9.10. The van der Waals surface area contributed by atoms with Crippen LogP contribution < -0.4 is 5.32 Å². The number of halogens is 2. The Morgan fingerprint density at radius 3 is 2.88 bits per heavy atom. The maximum atomic E-state index is 13.6. The molecule has 0 bridgehead atoms. The summed E-state index contributed by atoms with van der Waals surface area (Å²) in [6, 6.07) is 4.59. The minimum Gasteiger partial charge on any atom is -0.462 e. The van der Waals surface area contributed by atoms with E-state index in [1.807, 2.05) is 0 Å². The Balaban J connectivity index is 1.91. The molecule has 0 saturated carbocycles. The summed E-state index contributed by atoms with van der Waals surface area (Å²) in [6.45, 7) is 1.04. The van der Waals surface area contributed by atoms with Crippen molar-refractivity contribution in [1.29, 1.82) is 0 Å². The van der Waals surface area contributed by atoms with Gasteiger partial charge in [-0.3, -0.25) is 9.79 Å². The molecule has 24 heavy (non-hydrogen) atoms. The SMILES string of the molecule is O=C1OCCC2=C1C(c1ccc(F)c(Br)c1)C1C(=O)CNCC1=N2. The fourth-order valence-electron chi connectivity index (χ4n) is 3.61. The van der Waals surface area contributed by atoms with E-state index in [-0.39, 0.29) is 18.1 Å². The van der Waals surface area contributed by atoms with E-state index in [0.29, 0.717) is 40.9 Å². The van der Waals surface area contributed by atoms with Crippen LogP contribution in [0.5, 0.6) is 0 Å². The molecule has 4 rings (SSSR count). The van der Waals surface area contributed by atoms with Gasteiger partial charge in [0.1, 0.15) is 5.82 Å². The summed E-state index contributed by atoms with van der Waals surface area (Å²) in [6.07, 6.45) is 0.532. The first-order chi connectivity index (χ1) is 11.6. The third-order valence-electron chi connectivity index (χ3n) is 4.64. The number of nitrogens with one attached hydrogen (secondary N) is 1. The molecule has 1 fully saturated rings. The average Bonchev–Trinajstić information content (AvgIpc) is 2.56. The zero-order valence-electron chi connectivity index (χ0n) is 12.6. The predicted octanol–water partition coefficient (Wildman–Crippen LogP) is 2.12.